The predicted molar refractivity (Wildman–Crippen MR) is 44.7 cm³/mol. The van der Waals surface area contributed by atoms with Gasteiger partial charge in [-0.25, -0.2) is 0 Å². The number of rotatable bonds is 3. The minimum atomic E-state index is 0.792. The van der Waals surface area contributed by atoms with E-state index in [2.05, 4.69) is 23.8 Å². The lowest BCUT2D eigenvalue weighted by Crippen LogP contribution is -2.20. The second-order valence-electron chi connectivity index (χ2n) is 2.10. The number of nitrogens with one attached hydrogen (secondary N) is 1. The summed E-state index contributed by atoms with van der Waals surface area (Å²) in [5.41, 5.74) is 4.06. The minimum absolute atomic E-state index is 0.792. The Labute approximate surface area is 65.0 Å². The SMILES string of the molecule is CCc1ccsc1CNN. The van der Waals surface area contributed by atoms with Crippen LogP contribution in [-0.2, 0) is 13.0 Å². The van der Waals surface area contributed by atoms with Crippen LogP contribution in [0.1, 0.15) is 17.4 Å². The van der Waals surface area contributed by atoms with Gasteiger partial charge in [-0.05, 0) is 23.4 Å². The van der Waals surface area contributed by atoms with Crippen LogP contribution in [0.25, 0.3) is 0 Å². The van der Waals surface area contributed by atoms with Gasteiger partial charge in [0, 0.05) is 11.4 Å². The highest BCUT2D eigenvalue weighted by atomic mass is 32.1. The molecular weight excluding hydrogens is 144 g/mol. The van der Waals surface area contributed by atoms with Gasteiger partial charge >= 0.3 is 0 Å². The highest BCUT2D eigenvalue weighted by Crippen LogP contribution is 2.16. The predicted octanol–water partition coefficient (Wildman–Crippen LogP) is 1.27. The quantitative estimate of drug-likeness (QED) is 0.511. The first kappa shape index (κ1) is 7.72. The van der Waals surface area contributed by atoms with Gasteiger partial charge in [-0.3, -0.25) is 11.3 Å². The number of hydrazine groups is 1. The van der Waals surface area contributed by atoms with E-state index in [1.54, 1.807) is 11.3 Å². The standard InChI is InChI=1S/C7H12N2S/c1-2-6-3-4-10-7(6)5-9-8/h3-4,9H,2,5,8H2,1H3. The lowest BCUT2D eigenvalue weighted by Gasteiger charge is -1.97. The Kier molecular flexibility index (Phi) is 2.86. The molecule has 2 nitrogen and oxygen atoms in total. The molecule has 0 fully saturated rings. The molecule has 3 heteroatoms. The van der Waals surface area contributed by atoms with Crippen molar-refractivity contribution in [2.45, 2.75) is 19.9 Å². The van der Waals surface area contributed by atoms with Crippen LogP contribution in [0.4, 0.5) is 0 Å². The molecule has 56 valence electrons. The summed E-state index contributed by atoms with van der Waals surface area (Å²) in [6.45, 7) is 2.95. The van der Waals surface area contributed by atoms with E-state index in [1.807, 2.05) is 0 Å². The zero-order valence-electron chi connectivity index (χ0n) is 6.05. The van der Waals surface area contributed by atoms with Crippen LogP contribution in [0.5, 0.6) is 0 Å². The maximum absolute atomic E-state index is 5.20. The topological polar surface area (TPSA) is 38.0 Å². The second kappa shape index (κ2) is 3.71. The summed E-state index contributed by atoms with van der Waals surface area (Å²) in [5, 5.41) is 2.10. The van der Waals surface area contributed by atoms with Crippen molar-refractivity contribution in [3.05, 3.63) is 21.9 Å². The summed E-state index contributed by atoms with van der Waals surface area (Å²) in [6.07, 6.45) is 1.10. The third-order valence-corrected chi connectivity index (χ3v) is 2.44. The normalized spacial score (nSPS) is 10.2. The Balaban J connectivity index is 2.70. The summed E-state index contributed by atoms with van der Waals surface area (Å²) < 4.78 is 0. The first-order valence-electron chi connectivity index (χ1n) is 3.37. The maximum atomic E-state index is 5.20. The van der Waals surface area contributed by atoms with Crippen molar-refractivity contribution in [2.75, 3.05) is 0 Å². The Morgan fingerprint density at radius 1 is 1.70 bits per heavy atom. The summed E-state index contributed by atoms with van der Waals surface area (Å²) in [5.74, 6) is 5.20. The molecule has 0 amide bonds. The molecule has 0 bridgehead atoms. The van der Waals surface area contributed by atoms with Crippen molar-refractivity contribution < 1.29 is 0 Å². The van der Waals surface area contributed by atoms with E-state index in [-0.39, 0.29) is 0 Å². The zero-order chi connectivity index (χ0) is 7.40. The van der Waals surface area contributed by atoms with Gasteiger partial charge in [-0.2, -0.15) is 0 Å². The van der Waals surface area contributed by atoms with Crippen LogP contribution >= 0.6 is 11.3 Å². The fourth-order valence-corrected chi connectivity index (χ4v) is 1.86. The van der Waals surface area contributed by atoms with Gasteiger partial charge in [-0.1, -0.05) is 6.92 Å². The molecule has 1 aromatic rings. The van der Waals surface area contributed by atoms with Gasteiger partial charge in [0.2, 0.25) is 0 Å². The Morgan fingerprint density at radius 2 is 2.50 bits per heavy atom. The molecule has 0 atom stereocenters. The highest BCUT2D eigenvalue weighted by molar-refractivity contribution is 7.10. The molecule has 0 saturated carbocycles. The van der Waals surface area contributed by atoms with E-state index in [1.165, 1.54) is 10.4 Å². The number of nitrogens with two attached hydrogens (primary N) is 1. The maximum Gasteiger partial charge on any atom is 0.0445 e. The van der Waals surface area contributed by atoms with Crippen LogP contribution in [-0.4, -0.2) is 0 Å². The minimum Gasteiger partial charge on any atom is -0.271 e. The van der Waals surface area contributed by atoms with E-state index in [4.69, 9.17) is 5.84 Å². The molecule has 1 aromatic heterocycles. The van der Waals surface area contributed by atoms with E-state index in [9.17, 15) is 0 Å². The van der Waals surface area contributed by atoms with Crippen LogP contribution in [0.2, 0.25) is 0 Å². The van der Waals surface area contributed by atoms with Gasteiger partial charge < -0.3 is 0 Å². The van der Waals surface area contributed by atoms with Gasteiger partial charge in [0.25, 0.3) is 0 Å². The van der Waals surface area contributed by atoms with Crippen molar-refractivity contribution in [2.24, 2.45) is 5.84 Å². The van der Waals surface area contributed by atoms with Gasteiger partial charge in [-0.15, -0.1) is 11.3 Å². The molecule has 0 spiro atoms. The summed E-state index contributed by atoms with van der Waals surface area (Å²) >= 11 is 1.76. The average Bonchev–Trinajstić information content (AvgIpc) is 2.36. The molecule has 0 aliphatic rings. The van der Waals surface area contributed by atoms with E-state index < -0.39 is 0 Å². The van der Waals surface area contributed by atoms with Crippen molar-refractivity contribution in [1.82, 2.24) is 5.43 Å². The molecule has 0 saturated heterocycles. The Bertz CT molecular complexity index is 195. The van der Waals surface area contributed by atoms with Crippen molar-refractivity contribution in [3.8, 4) is 0 Å². The number of aryl methyl sites for hydroxylation is 1. The average molecular weight is 156 g/mol. The monoisotopic (exact) mass is 156 g/mol. The van der Waals surface area contributed by atoms with E-state index in [0.717, 1.165) is 13.0 Å². The van der Waals surface area contributed by atoms with Crippen LogP contribution < -0.4 is 11.3 Å². The van der Waals surface area contributed by atoms with E-state index in [0.29, 0.717) is 0 Å². The first-order valence-corrected chi connectivity index (χ1v) is 4.25. The fourth-order valence-electron chi connectivity index (χ4n) is 0.930. The molecule has 10 heavy (non-hydrogen) atoms. The molecule has 0 radical (unpaired) electrons. The van der Waals surface area contributed by atoms with Crippen molar-refractivity contribution in [1.29, 1.82) is 0 Å². The third-order valence-electron chi connectivity index (χ3n) is 1.48. The summed E-state index contributed by atoms with van der Waals surface area (Å²) in [4.78, 5) is 1.35. The molecule has 0 aromatic carbocycles. The fraction of sp³-hybridized carbons (Fsp3) is 0.429. The molecule has 3 N–H and O–H groups in total. The second-order valence-corrected chi connectivity index (χ2v) is 3.10. The van der Waals surface area contributed by atoms with E-state index >= 15 is 0 Å². The van der Waals surface area contributed by atoms with Crippen molar-refractivity contribution >= 4 is 11.3 Å². The van der Waals surface area contributed by atoms with Gasteiger partial charge in [0.1, 0.15) is 0 Å². The van der Waals surface area contributed by atoms with Crippen molar-refractivity contribution in [3.63, 3.8) is 0 Å². The largest absolute Gasteiger partial charge is 0.271 e. The van der Waals surface area contributed by atoms with Crippen LogP contribution in [0.3, 0.4) is 0 Å². The zero-order valence-corrected chi connectivity index (χ0v) is 6.87. The molecule has 0 aliphatic carbocycles. The smallest absolute Gasteiger partial charge is 0.0445 e. The van der Waals surface area contributed by atoms with Crippen LogP contribution in [0, 0.1) is 0 Å². The molecule has 1 heterocycles. The molecule has 0 unspecified atom stereocenters. The Morgan fingerprint density at radius 3 is 3.10 bits per heavy atom. The Hall–Kier alpha value is -0.380. The third kappa shape index (κ3) is 1.56. The number of hydrogen-bond donors (Lipinski definition) is 2. The summed E-state index contributed by atoms with van der Waals surface area (Å²) in [6, 6.07) is 2.15. The number of hydrogen-bond acceptors (Lipinski definition) is 3. The molecule has 0 aliphatic heterocycles. The lowest BCUT2D eigenvalue weighted by molar-refractivity contribution is 0.745. The first-order chi connectivity index (χ1) is 4.88. The number of thiophene rings is 1. The summed E-state index contributed by atoms with van der Waals surface area (Å²) in [7, 11) is 0. The molecule has 1 rings (SSSR count). The van der Waals surface area contributed by atoms with Gasteiger partial charge in [0.05, 0.1) is 0 Å². The lowest BCUT2D eigenvalue weighted by atomic mass is 10.2. The van der Waals surface area contributed by atoms with Crippen LogP contribution in [0.15, 0.2) is 11.4 Å². The molecular formula is C7H12N2S. The highest BCUT2D eigenvalue weighted by Gasteiger charge is 1.98. The van der Waals surface area contributed by atoms with Gasteiger partial charge in [0.15, 0.2) is 0 Å².